The van der Waals surface area contributed by atoms with Crippen LogP contribution in [-0.4, -0.2) is 11.5 Å². The minimum Gasteiger partial charge on any atom is -0.380 e. The van der Waals surface area contributed by atoms with E-state index in [1.165, 1.54) is 0 Å². The van der Waals surface area contributed by atoms with Gasteiger partial charge in [0.15, 0.2) is 0 Å². The number of rotatable bonds is 3. The van der Waals surface area contributed by atoms with Crippen molar-refractivity contribution in [2.24, 2.45) is 0 Å². The lowest BCUT2D eigenvalue weighted by molar-refractivity contribution is -0.386. The lowest BCUT2D eigenvalue weighted by atomic mass is 10.1. The molecule has 0 saturated heterocycles. The molecular weight excluding hydrogens is 377 g/mol. The van der Waals surface area contributed by atoms with Gasteiger partial charge in [0.05, 0.1) is 4.92 Å². The third-order valence-electron chi connectivity index (χ3n) is 1.96. The highest BCUT2D eigenvalue weighted by atomic mass is 127. The van der Waals surface area contributed by atoms with Gasteiger partial charge in [0.1, 0.15) is 17.1 Å². The maximum Gasteiger partial charge on any atom is 0.329 e. The van der Waals surface area contributed by atoms with Crippen LogP contribution in [-0.2, 0) is 0 Å². The number of halogens is 3. The van der Waals surface area contributed by atoms with Crippen LogP contribution in [0.2, 0.25) is 0 Å². The van der Waals surface area contributed by atoms with Crippen LogP contribution < -0.4 is 5.32 Å². The van der Waals surface area contributed by atoms with Crippen molar-refractivity contribution in [3.8, 4) is 11.2 Å². The SMILES string of the molecule is CCNc1cc(F)c(C#CSI)c(F)c1[N+](=O)[O-]. The standard InChI is InChI=1S/C10H7F2IN2O2S/c1-2-14-8-5-7(11)6(3-4-18-13)9(12)10(8)15(16)17/h5,14H,2H2,1H3. The lowest BCUT2D eigenvalue weighted by Gasteiger charge is -2.07. The minimum atomic E-state index is -1.26. The van der Waals surface area contributed by atoms with Crippen LogP contribution >= 0.6 is 30.1 Å². The Balaban J connectivity index is 3.50. The van der Waals surface area contributed by atoms with Crippen LogP contribution in [0.15, 0.2) is 6.07 Å². The van der Waals surface area contributed by atoms with E-state index in [0.29, 0.717) is 6.54 Å². The van der Waals surface area contributed by atoms with Crippen LogP contribution in [0, 0.1) is 32.9 Å². The molecule has 0 heterocycles. The Morgan fingerprint density at radius 2 is 2.28 bits per heavy atom. The highest BCUT2D eigenvalue weighted by Crippen LogP contribution is 2.31. The zero-order valence-corrected chi connectivity index (χ0v) is 12.1. The van der Waals surface area contributed by atoms with Crippen LogP contribution in [0.4, 0.5) is 20.2 Å². The Morgan fingerprint density at radius 1 is 1.61 bits per heavy atom. The summed E-state index contributed by atoms with van der Waals surface area (Å²) < 4.78 is 27.4. The molecule has 4 nitrogen and oxygen atoms in total. The van der Waals surface area contributed by atoms with Gasteiger partial charge in [-0.1, -0.05) is 0 Å². The van der Waals surface area contributed by atoms with Crippen LogP contribution in [0.1, 0.15) is 12.5 Å². The second-order valence-corrected chi connectivity index (χ2v) is 4.71. The van der Waals surface area contributed by atoms with E-state index in [2.05, 4.69) is 16.5 Å². The molecule has 0 aromatic heterocycles. The first kappa shape index (κ1) is 15.0. The Hall–Kier alpha value is -1.08. The molecule has 0 unspecified atom stereocenters. The van der Waals surface area contributed by atoms with Crippen LogP contribution in [0.3, 0.4) is 0 Å². The molecule has 0 fully saturated rings. The van der Waals surface area contributed by atoms with Crippen molar-refractivity contribution in [1.82, 2.24) is 0 Å². The van der Waals surface area contributed by atoms with Gasteiger partial charge >= 0.3 is 5.69 Å². The van der Waals surface area contributed by atoms with Gasteiger partial charge in [0.25, 0.3) is 0 Å². The second kappa shape index (κ2) is 6.75. The molecule has 0 aliphatic rings. The largest absolute Gasteiger partial charge is 0.380 e. The summed E-state index contributed by atoms with van der Waals surface area (Å²) in [6, 6.07) is 0.882. The predicted molar refractivity (Wildman–Crippen MR) is 75.7 cm³/mol. The molecule has 0 atom stereocenters. The maximum absolute atomic E-state index is 13.9. The van der Waals surface area contributed by atoms with E-state index in [4.69, 9.17) is 0 Å². The topological polar surface area (TPSA) is 55.2 Å². The summed E-state index contributed by atoms with van der Waals surface area (Å²) in [7, 11) is 1.03. The van der Waals surface area contributed by atoms with Crippen molar-refractivity contribution < 1.29 is 13.7 Å². The van der Waals surface area contributed by atoms with E-state index in [1.807, 2.05) is 21.2 Å². The Morgan fingerprint density at radius 3 is 2.78 bits per heavy atom. The molecule has 0 amide bonds. The van der Waals surface area contributed by atoms with E-state index in [9.17, 15) is 18.9 Å². The molecule has 0 aliphatic carbocycles. The van der Waals surface area contributed by atoms with Crippen molar-refractivity contribution in [1.29, 1.82) is 0 Å². The average Bonchev–Trinajstić information content (AvgIpc) is 2.28. The zero-order chi connectivity index (χ0) is 13.7. The summed E-state index contributed by atoms with van der Waals surface area (Å²) in [4.78, 5) is 9.91. The van der Waals surface area contributed by atoms with Crippen LogP contribution in [0.5, 0.6) is 0 Å². The number of nitro groups is 1. The number of benzene rings is 1. The summed E-state index contributed by atoms with van der Waals surface area (Å²) >= 11 is 1.83. The molecule has 0 bridgehead atoms. The van der Waals surface area contributed by atoms with Gasteiger partial charge in [-0.3, -0.25) is 10.1 Å². The Bertz CT molecular complexity index is 543. The van der Waals surface area contributed by atoms with Gasteiger partial charge in [-0.05, 0) is 27.0 Å². The normalized spacial score (nSPS) is 9.56. The highest BCUT2D eigenvalue weighted by Gasteiger charge is 2.26. The third kappa shape index (κ3) is 3.23. The monoisotopic (exact) mass is 384 g/mol. The van der Waals surface area contributed by atoms with E-state index in [1.54, 1.807) is 6.92 Å². The molecule has 96 valence electrons. The van der Waals surface area contributed by atoms with E-state index < -0.39 is 27.8 Å². The summed E-state index contributed by atoms with van der Waals surface area (Å²) in [5.74, 6) is 0.0390. The lowest BCUT2D eigenvalue weighted by Crippen LogP contribution is -2.06. The molecular formula is C10H7F2IN2O2S. The van der Waals surface area contributed by atoms with Crippen molar-refractivity contribution in [3.63, 3.8) is 0 Å². The van der Waals surface area contributed by atoms with Crippen molar-refractivity contribution in [3.05, 3.63) is 33.4 Å². The van der Waals surface area contributed by atoms with E-state index in [0.717, 1.165) is 15.0 Å². The highest BCUT2D eigenvalue weighted by molar-refractivity contribution is 14.2. The van der Waals surface area contributed by atoms with Crippen LogP contribution in [0.25, 0.3) is 0 Å². The fourth-order valence-electron chi connectivity index (χ4n) is 1.30. The molecule has 1 aromatic carbocycles. The second-order valence-electron chi connectivity index (χ2n) is 3.04. The zero-order valence-electron chi connectivity index (χ0n) is 9.09. The minimum absolute atomic E-state index is 0.190. The number of hydrogen-bond acceptors (Lipinski definition) is 4. The van der Waals surface area contributed by atoms with E-state index >= 15 is 0 Å². The first-order valence-electron chi connectivity index (χ1n) is 4.71. The molecule has 18 heavy (non-hydrogen) atoms. The van der Waals surface area contributed by atoms with E-state index in [-0.39, 0.29) is 5.69 Å². The van der Waals surface area contributed by atoms with Gasteiger partial charge in [0.2, 0.25) is 5.82 Å². The number of anilines is 1. The predicted octanol–water partition coefficient (Wildman–Crippen LogP) is 3.70. The molecule has 1 rings (SSSR count). The summed E-state index contributed by atoms with van der Waals surface area (Å²) in [6.07, 6.45) is 0. The molecule has 0 aliphatic heterocycles. The number of nitro benzene ring substituents is 1. The molecule has 0 radical (unpaired) electrons. The smallest absolute Gasteiger partial charge is 0.329 e. The third-order valence-corrected chi connectivity index (χ3v) is 2.80. The van der Waals surface area contributed by atoms with Crippen molar-refractivity contribution in [2.45, 2.75) is 6.92 Å². The fourth-order valence-corrected chi connectivity index (χ4v) is 1.77. The number of nitrogens with zero attached hydrogens (tertiary/aromatic N) is 1. The maximum atomic E-state index is 13.9. The Kier molecular flexibility index (Phi) is 5.61. The van der Waals surface area contributed by atoms with Gasteiger partial charge in [-0.15, -0.1) is 0 Å². The molecule has 1 N–H and O–H groups in total. The number of hydrogen-bond donors (Lipinski definition) is 1. The van der Waals surface area contributed by atoms with Gasteiger partial charge in [-0.2, -0.15) is 4.39 Å². The quantitative estimate of drug-likeness (QED) is 0.374. The first-order chi connectivity index (χ1) is 8.52. The number of nitrogens with one attached hydrogen (secondary N) is 1. The molecule has 8 heteroatoms. The first-order valence-corrected chi connectivity index (χ1v) is 8.07. The van der Waals surface area contributed by atoms with Crippen molar-refractivity contribution >= 4 is 41.5 Å². The van der Waals surface area contributed by atoms with Gasteiger partial charge < -0.3 is 5.32 Å². The average molecular weight is 384 g/mol. The van der Waals surface area contributed by atoms with Gasteiger partial charge in [0, 0.05) is 33.8 Å². The molecule has 1 aromatic rings. The molecule has 0 saturated carbocycles. The fraction of sp³-hybridized carbons (Fsp3) is 0.200. The van der Waals surface area contributed by atoms with Gasteiger partial charge in [-0.25, -0.2) is 4.39 Å². The summed E-state index contributed by atoms with van der Waals surface area (Å²) in [5, 5.41) is 15.7. The molecule has 0 spiro atoms. The van der Waals surface area contributed by atoms with Crippen molar-refractivity contribution in [2.75, 3.05) is 11.9 Å². The summed E-state index contributed by atoms with van der Waals surface area (Å²) in [5.41, 5.74) is -1.57. The summed E-state index contributed by atoms with van der Waals surface area (Å²) in [6.45, 7) is 1.98. The Labute approximate surface area is 118 Å².